The molecule has 1 fully saturated rings. The lowest BCUT2D eigenvalue weighted by atomic mass is 9.94. The maximum atomic E-state index is 6.07. The smallest absolute Gasteiger partial charge is 0.125 e. The second kappa shape index (κ2) is 5.71. The van der Waals surface area contributed by atoms with Crippen LogP contribution in [0.25, 0.3) is 11.0 Å². The van der Waals surface area contributed by atoms with Gasteiger partial charge in [0, 0.05) is 17.5 Å². The predicted octanol–water partition coefficient (Wildman–Crippen LogP) is 4.02. The highest BCUT2D eigenvalue weighted by Gasteiger charge is 2.24. The summed E-state index contributed by atoms with van der Waals surface area (Å²) in [7, 11) is 0. The average molecular weight is 296 g/mol. The summed E-state index contributed by atoms with van der Waals surface area (Å²) in [6.07, 6.45) is 10.9. The fraction of sp³-hybridized carbons (Fsp3) is 0.571. The Morgan fingerprint density at radius 2 is 2.16 bits per heavy atom. The number of thioether (sulfide) groups is 1. The van der Waals surface area contributed by atoms with E-state index in [0.717, 1.165) is 16.6 Å². The van der Waals surface area contributed by atoms with Crippen LogP contribution in [0.4, 0.5) is 0 Å². The Labute approximate surface area is 122 Å². The fourth-order valence-corrected chi connectivity index (χ4v) is 3.97. The molecule has 0 saturated heterocycles. The van der Waals surface area contributed by atoms with Gasteiger partial charge in [-0.25, -0.2) is 4.98 Å². The van der Waals surface area contributed by atoms with Crippen LogP contribution in [0.1, 0.15) is 37.5 Å². The summed E-state index contributed by atoms with van der Waals surface area (Å²) in [5.74, 6) is 1.45. The summed E-state index contributed by atoms with van der Waals surface area (Å²) in [5.41, 5.74) is 2.14. The minimum absolute atomic E-state index is 0.469. The molecule has 2 aromatic rings. The number of nitrogens with zero attached hydrogens (tertiary/aromatic N) is 3. The zero-order chi connectivity index (χ0) is 13.2. The van der Waals surface area contributed by atoms with Crippen LogP contribution < -0.4 is 0 Å². The lowest BCUT2D eigenvalue weighted by Gasteiger charge is -2.29. The van der Waals surface area contributed by atoms with E-state index in [1.165, 1.54) is 31.2 Å². The molecule has 1 saturated carbocycles. The third kappa shape index (κ3) is 2.48. The molecular formula is C14H18ClN3S. The average Bonchev–Trinajstić information content (AvgIpc) is 2.86. The predicted molar refractivity (Wildman–Crippen MR) is 81.9 cm³/mol. The van der Waals surface area contributed by atoms with Crippen LogP contribution in [0.15, 0.2) is 18.5 Å². The lowest BCUT2D eigenvalue weighted by molar-refractivity contribution is 0.361. The number of imidazole rings is 1. The number of alkyl halides is 1. The van der Waals surface area contributed by atoms with Gasteiger partial charge in [0.15, 0.2) is 0 Å². The summed E-state index contributed by atoms with van der Waals surface area (Å²) in [6, 6.07) is 2.60. The zero-order valence-corrected chi connectivity index (χ0v) is 12.6. The molecule has 2 heterocycles. The van der Waals surface area contributed by atoms with Crippen molar-refractivity contribution in [2.75, 3.05) is 6.26 Å². The Bertz CT molecular complexity index is 561. The van der Waals surface area contributed by atoms with Gasteiger partial charge < -0.3 is 4.57 Å². The molecule has 0 radical (unpaired) electrons. The van der Waals surface area contributed by atoms with Crippen molar-refractivity contribution in [3.63, 3.8) is 0 Å². The summed E-state index contributed by atoms with van der Waals surface area (Å²) in [6.45, 7) is 0. The van der Waals surface area contributed by atoms with Gasteiger partial charge in [0.1, 0.15) is 11.3 Å². The van der Waals surface area contributed by atoms with Gasteiger partial charge >= 0.3 is 0 Å². The molecule has 19 heavy (non-hydrogen) atoms. The Balaban J connectivity index is 1.95. The summed E-state index contributed by atoms with van der Waals surface area (Å²) >= 11 is 8.07. The van der Waals surface area contributed by atoms with Crippen LogP contribution in [-0.4, -0.2) is 26.0 Å². The standard InChI is InChI=1S/C14H18ClN3S/c1-19-11-4-2-10(3-5-11)18-13-6-7-16-9-12(13)17-14(18)8-15/h6-7,9-11H,2-5,8H2,1H3. The van der Waals surface area contributed by atoms with Crippen LogP contribution in [0.5, 0.6) is 0 Å². The maximum absolute atomic E-state index is 6.07. The van der Waals surface area contributed by atoms with E-state index in [-0.39, 0.29) is 0 Å². The number of halogens is 1. The Morgan fingerprint density at radius 3 is 2.84 bits per heavy atom. The van der Waals surface area contributed by atoms with E-state index >= 15 is 0 Å². The molecule has 0 spiro atoms. The first-order valence-corrected chi connectivity index (χ1v) is 8.55. The molecule has 3 rings (SSSR count). The summed E-state index contributed by atoms with van der Waals surface area (Å²) in [5, 5.41) is 0.826. The van der Waals surface area contributed by atoms with Crippen LogP contribution >= 0.6 is 23.4 Å². The van der Waals surface area contributed by atoms with Crippen LogP contribution in [0, 0.1) is 0 Å². The molecule has 2 aromatic heterocycles. The molecule has 0 aromatic carbocycles. The van der Waals surface area contributed by atoms with Crippen molar-refractivity contribution in [2.24, 2.45) is 0 Å². The SMILES string of the molecule is CSC1CCC(n2c(CCl)nc3cnccc32)CC1. The van der Waals surface area contributed by atoms with Gasteiger partial charge in [0.2, 0.25) is 0 Å². The molecule has 5 heteroatoms. The van der Waals surface area contributed by atoms with Crippen molar-refractivity contribution in [1.29, 1.82) is 0 Å². The van der Waals surface area contributed by atoms with Crippen molar-refractivity contribution in [3.05, 3.63) is 24.3 Å². The van der Waals surface area contributed by atoms with Gasteiger partial charge in [-0.1, -0.05) is 0 Å². The maximum Gasteiger partial charge on any atom is 0.125 e. The van der Waals surface area contributed by atoms with Crippen molar-refractivity contribution in [1.82, 2.24) is 14.5 Å². The van der Waals surface area contributed by atoms with Crippen LogP contribution in [0.3, 0.4) is 0 Å². The van der Waals surface area contributed by atoms with Gasteiger partial charge in [0.25, 0.3) is 0 Å². The number of hydrogen-bond acceptors (Lipinski definition) is 3. The molecule has 0 unspecified atom stereocenters. The van der Waals surface area contributed by atoms with Crippen LogP contribution in [-0.2, 0) is 5.88 Å². The number of hydrogen-bond donors (Lipinski definition) is 0. The minimum atomic E-state index is 0.469. The minimum Gasteiger partial charge on any atom is -0.324 e. The largest absolute Gasteiger partial charge is 0.324 e. The van der Waals surface area contributed by atoms with Crippen molar-refractivity contribution < 1.29 is 0 Å². The topological polar surface area (TPSA) is 30.7 Å². The highest BCUT2D eigenvalue weighted by Crippen LogP contribution is 2.36. The second-order valence-electron chi connectivity index (χ2n) is 5.06. The molecule has 0 N–H and O–H groups in total. The summed E-state index contributed by atoms with van der Waals surface area (Å²) in [4.78, 5) is 8.76. The molecule has 0 atom stereocenters. The van der Waals surface area contributed by atoms with Gasteiger partial charge in [-0.3, -0.25) is 4.98 Å². The highest BCUT2D eigenvalue weighted by atomic mass is 35.5. The summed E-state index contributed by atoms with van der Waals surface area (Å²) < 4.78 is 2.35. The van der Waals surface area contributed by atoms with E-state index in [1.807, 2.05) is 24.2 Å². The molecule has 3 nitrogen and oxygen atoms in total. The monoisotopic (exact) mass is 295 g/mol. The molecule has 1 aliphatic carbocycles. The number of aromatic nitrogens is 3. The van der Waals surface area contributed by atoms with Crippen molar-refractivity contribution >= 4 is 34.4 Å². The first-order chi connectivity index (χ1) is 9.33. The van der Waals surface area contributed by atoms with E-state index in [4.69, 9.17) is 11.6 Å². The first-order valence-electron chi connectivity index (χ1n) is 6.73. The van der Waals surface area contributed by atoms with E-state index in [9.17, 15) is 0 Å². The molecule has 102 valence electrons. The lowest BCUT2D eigenvalue weighted by Crippen LogP contribution is -2.20. The number of pyridine rings is 1. The van der Waals surface area contributed by atoms with Gasteiger partial charge in [-0.05, 0) is 38.0 Å². The first kappa shape index (κ1) is 13.3. The molecule has 0 bridgehead atoms. The van der Waals surface area contributed by atoms with Crippen molar-refractivity contribution in [2.45, 2.75) is 42.9 Å². The van der Waals surface area contributed by atoms with Crippen LogP contribution in [0.2, 0.25) is 0 Å². The van der Waals surface area contributed by atoms with Crippen molar-refractivity contribution in [3.8, 4) is 0 Å². The normalized spacial score (nSPS) is 23.9. The Morgan fingerprint density at radius 1 is 1.37 bits per heavy atom. The highest BCUT2D eigenvalue weighted by molar-refractivity contribution is 7.99. The number of fused-ring (bicyclic) bond motifs is 1. The van der Waals surface area contributed by atoms with Gasteiger partial charge in [-0.2, -0.15) is 11.8 Å². The fourth-order valence-electron chi connectivity index (χ4n) is 3.04. The van der Waals surface area contributed by atoms with E-state index in [0.29, 0.717) is 11.9 Å². The quantitative estimate of drug-likeness (QED) is 0.801. The Hall–Kier alpha value is -0.740. The zero-order valence-electron chi connectivity index (χ0n) is 11.1. The molecule has 1 aliphatic rings. The molecule has 0 amide bonds. The Kier molecular flexibility index (Phi) is 3.99. The second-order valence-corrected chi connectivity index (χ2v) is 6.47. The molecular weight excluding hydrogens is 278 g/mol. The van der Waals surface area contributed by atoms with E-state index in [2.05, 4.69) is 26.9 Å². The third-order valence-corrected chi connectivity index (χ3v) is 5.40. The van der Waals surface area contributed by atoms with E-state index in [1.54, 1.807) is 0 Å². The number of rotatable bonds is 3. The van der Waals surface area contributed by atoms with E-state index < -0.39 is 0 Å². The molecule has 0 aliphatic heterocycles. The third-order valence-electron chi connectivity index (χ3n) is 4.03. The van der Waals surface area contributed by atoms with Gasteiger partial charge in [-0.15, -0.1) is 11.6 Å². The van der Waals surface area contributed by atoms with Gasteiger partial charge in [0.05, 0.1) is 17.6 Å².